The number of nitrogens with zero attached hydrogens (tertiary/aromatic N) is 5. The highest BCUT2D eigenvalue weighted by Crippen LogP contribution is 2.44. The number of rotatable bonds is 4. The Morgan fingerprint density at radius 2 is 1.08 bits per heavy atom. The molecular weight excluding hydrogens is 667 g/mol. The van der Waals surface area contributed by atoms with Gasteiger partial charge < -0.3 is 0 Å². The number of benzene rings is 7. The van der Waals surface area contributed by atoms with E-state index in [2.05, 4.69) is 167 Å². The van der Waals surface area contributed by atoms with Crippen molar-refractivity contribution in [2.45, 2.75) is 0 Å². The first-order valence-corrected chi connectivity index (χ1v) is 18.6. The van der Waals surface area contributed by atoms with Crippen molar-refractivity contribution in [2.75, 3.05) is 0 Å². The molecule has 7 aromatic carbocycles. The Morgan fingerprint density at radius 3 is 1.92 bits per heavy atom. The van der Waals surface area contributed by atoms with Crippen LogP contribution in [0.2, 0.25) is 0 Å². The van der Waals surface area contributed by atoms with Crippen LogP contribution in [0.25, 0.3) is 109 Å². The fraction of sp³-hybridized carbons (Fsp3) is 0. The zero-order valence-corrected chi connectivity index (χ0v) is 29.0. The summed E-state index contributed by atoms with van der Waals surface area (Å²) in [5.41, 5.74) is 10.2. The van der Waals surface area contributed by atoms with Crippen LogP contribution < -0.4 is 0 Å². The van der Waals surface area contributed by atoms with E-state index in [1.165, 1.54) is 36.3 Å². The van der Waals surface area contributed by atoms with Gasteiger partial charge in [-0.05, 0) is 53.9 Å². The normalized spacial score (nSPS) is 12.2. The summed E-state index contributed by atoms with van der Waals surface area (Å²) < 4.78 is 7.18. The average Bonchev–Trinajstić information content (AvgIpc) is 3.88. The lowest BCUT2D eigenvalue weighted by Crippen LogP contribution is -2.04. The molecule has 5 heterocycles. The van der Waals surface area contributed by atoms with E-state index in [4.69, 9.17) is 15.0 Å². The van der Waals surface area contributed by atoms with Crippen molar-refractivity contribution in [3.8, 4) is 39.9 Å². The van der Waals surface area contributed by atoms with Crippen LogP contribution in [0, 0.1) is 0 Å². The molecule has 0 saturated carbocycles. The average molecular weight is 694 g/mol. The topological polar surface area (TPSA) is 48.0 Å². The predicted octanol–water partition coefficient (Wildman–Crippen LogP) is 12.3. The van der Waals surface area contributed by atoms with Gasteiger partial charge in [0, 0.05) is 53.0 Å². The van der Waals surface area contributed by atoms with E-state index in [1.54, 1.807) is 0 Å². The van der Waals surface area contributed by atoms with E-state index in [1.807, 2.05) is 17.4 Å². The Balaban J connectivity index is 1.21. The molecule has 53 heavy (non-hydrogen) atoms. The number of imidazole rings is 1. The van der Waals surface area contributed by atoms with Crippen LogP contribution in [-0.2, 0) is 0 Å². The zero-order chi connectivity index (χ0) is 34.6. The van der Waals surface area contributed by atoms with Gasteiger partial charge in [0.25, 0.3) is 0 Å². The molecule has 12 aromatic rings. The largest absolute Gasteiger partial charge is 0.291 e. The molecule has 0 amide bonds. The second kappa shape index (κ2) is 10.8. The van der Waals surface area contributed by atoms with Crippen molar-refractivity contribution in [3.63, 3.8) is 0 Å². The summed E-state index contributed by atoms with van der Waals surface area (Å²) in [7, 11) is 0. The highest BCUT2D eigenvalue weighted by atomic mass is 32.1. The van der Waals surface area contributed by atoms with Crippen molar-refractivity contribution < 1.29 is 0 Å². The first kappa shape index (κ1) is 28.8. The van der Waals surface area contributed by atoms with E-state index >= 15 is 0 Å². The molecule has 0 spiro atoms. The second-order valence-electron chi connectivity index (χ2n) is 13.6. The summed E-state index contributed by atoms with van der Waals surface area (Å²) in [6, 6.07) is 58.1. The lowest BCUT2D eigenvalue weighted by atomic mass is 10.0. The number of hydrogen-bond donors (Lipinski definition) is 0. The Morgan fingerprint density at radius 1 is 0.415 bits per heavy atom. The summed E-state index contributed by atoms with van der Waals surface area (Å²) >= 11 is 1.83. The Kier molecular flexibility index (Phi) is 5.87. The fourth-order valence-electron chi connectivity index (χ4n) is 8.38. The van der Waals surface area contributed by atoms with E-state index in [9.17, 15) is 0 Å². The van der Waals surface area contributed by atoms with Crippen LogP contribution in [0.5, 0.6) is 0 Å². The van der Waals surface area contributed by atoms with Crippen LogP contribution in [0.3, 0.4) is 0 Å². The molecule has 0 N–H and O–H groups in total. The van der Waals surface area contributed by atoms with E-state index < -0.39 is 0 Å². The molecule has 5 aromatic heterocycles. The van der Waals surface area contributed by atoms with Crippen molar-refractivity contribution in [1.82, 2.24) is 23.9 Å². The van der Waals surface area contributed by atoms with Gasteiger partial charge in [-0.15, -0.1) is 11.3 Å². The third-order valence-corrected chi connectivity index (χ3v) is 11.8. The first-order valence-electron chi connectivity index (χ1n) is 17.8. The molecule has 5 nitrogen and oxygen atoms in total. The van der Waals surface area contributed by atoms with E-state index in [0.717, 1.165) is 66.9 Å². The number of para-hydroxylation sites is 1. The maximum Gasteiger partial charge on any atom is 0.235 e. The minimum absolute atomic E-state index is 0.635. The standard InChI is InChI=1S/C47H27N5S/c1-3-12-28(13-4-1)36-27-37(30-22-25-42-34(26-30)32-17-8-10-21-41(32)53-42)50-47(49-36)51-39-20-11-18-33-31-16-7-9-19-38(31)52-45-35(23-24-40(51)44(45)43(33)39)48-46(52)29-14-5-2-6-15-29/h1-27H. The Hall–Kier alpha value is -6.89. The van der Waals surface area contributed by atoms with Gasteiger partial charge in [-0.2, -0.15) is 0 Å². The summed E-state index contributed by atoms with van der Waals surface area (Å²) in [5.74, 6) is 1.56. The highest BCUT2D eigenvalue weighted by Gasteiger charge is 2.25. The monoisotopic (exact) mass is 693 g/mol. The summed E-state index contributed by atoms with van der Waals surface area (Å²) in [5, 5.41) is 7.21. The molecular formula is C47H27N5S. The smallest absolute Gasteiger partial charge is 0.235 e. The molecule has 0 unspecified atom stereocenters. The number of thiophene rings is 1. The third-order valence-electron chi connectivity index (χ3n) is 10.7. The molecule has 0 aliphatic rings. The quantitative estimate of drug-likeness (QED) is 0.184. The lowest BCUT2D eigenvalue weighted by Gasteiger charge is -2.12. The van der Waals surface area contributed by atoms with E-state index in [-0.39, 0.29) is 0 Å². The minimum atomic E-state index is 0.635. The lowest BCUT2D eigenvalue weighted by molar-refractivity contribution is 0.996. The van der Waals surface area contributed by atoms with Crippen molar-refractivity contribution >= 4 is 80.6 Å². The second-order valence-corrected chi connectivity index (χ2v) is 14.7. The zero-order valence-electron chi connectivity index (χ0n) is 28.2. The third kappa shape index (κ3) is 4.09. The maximum atomic E-state index is 5.42. The van der Waals surface area contributed by atoms with Crippen LogP contribution in [0.15, 0.2) is 164 Å². The molecule has 6 heteroatoms. The Labute approximate surface area is 307 Å². The molecule has 0 atom stereocenters. The van der Waals surface area contributed by atoms with Crippen LogP contribution in [0.1, 0.15) is 0 Å². The maximum absolute atomic E-state index is 5.42. The molecule has 0 aliphatic heterocycles. The van der Waals surface area contributed by atoms with Gasteiger partial charge in [0.1, 0.15) is 5.82 Å². The van der Waals surface area contributed by atoms with Crippen molar-refractivity contribution in [2.24, 2.45) is 0 Å². The van der Waals surface area contributed by atoms with E-state index in [0.29, 0.717) is 5.95 Å². The van der Waals surface area contributed by atoms with Gasteiger partial charge >= 0.3 is 0 Å². The van der Waals surface area contributed by atoms with Gasteiger partial charge in [0.05, 0.1) is 39.0 Å². The number of hydrogen-bond acceptors (Lipinski definition) is 4. The molecule has 12 rings (SSSR count). The molecule has 0 aliphatic carbocycles. The summed E-state index contributed by atoms with van der Waals surface area (Å²) in [4.78, 5) is 16.1. The van der Waals surface area contributed by atoms with Crippen LogP contribution in [-0.4, -0.2) is 23.9 Å². The number of aromatic nitrogens is 5. The molecule has 0 saturated heterocycles. The van der Waals surface area contributed by atoms with Gasteiger partial charge in [0.15, 0.2) is 0 Å². The van der Waals surface area contributed by atoms with Crippen molar-refractivity contribution in [1.29, 1.82) is 0 Å². The number of fused-ring (bicyclic) bond motifs is 6. The van der Waals surface area contributed by atoms with Gasteiger partial charge in [-0.3, -0.25) is 8.97 Å². The van der Waals surface area contributed by atoms with Gasteiger partial charge in [-0.1, -0.05) is 115 Å². The molecule has 0 fully saturated rings. The summed E-state index contributed by atoms with van der Waals surface area (Å²) in [6.07, 6.45) is 0. The highest BCUT2D eigenvalue weighted by molar-refractivity contribution is 7.25. The van der Waals surface area contributed by atoms with Crippen molar-refractivity contribution in [3.05, 3.63) is 164 Å². The molecule has 246 valence electrons. The Bertz CT molecular complexity index is 3390. The predicted molar refractivity (Wildman–Crippen MR) is 221 cm³/mol. The first-order chi connectivity index (χ1) is 26.3. The van der Waals surface area contributed by atoms with Crippen LogP contribution in [0.4, 0.5) is 0 Å². The van der Waals surface area contributed by atoms with Gasteiger partial charge in [0.2, 0.25) is 5.95 Å². The van der Waals surface area contributed by atoms with Crippen LogP contribution >= 0.6 is 11.3 Å². The minimum Gasteiger partial charge on any atom is -0.291 e. The molecule has 0 radical (unpaired) electrons. The fourth-order valence-corrected chi connectivity index (χ4v) is 9.47. The SMILES string of the molecule is c1ccc(-c2cc(-c3ccc4sc5ccccc5c4c3)nc(-n3c4cccc5c6ccccc6n6c(-c7ccccc7)nc7ccc3c(c54)c76)n2)cc1. The molecule has 0 bridgehead atoms. The summed E-state index contributed by atoms with van der Waals surface area (Å²) in [6.45, 7) is 0. The van der Waals surface area contributed by atoms with Gasteiger partial charge in [-0.25, -0.2) is 15.0 Å².